The van der Waals surface area contributed by atoms with Crippen LogP contribution in [-0.2, 0) is 0 Å². The minimum absolute atomic E-state index is 1.01. The summed E-state index contributed by atoms with van der Waals surface area (Å²) in [5, 5.41) is 2.98. The smallest absolute Gasteiger partial charge is 0.0139 e. The largest absolute Gasteiger partial charge is 0.403 e. The minimum atomic E-state index is 1.01. The molecule has 0 heterocycles. The molecule has 0 aliphatic heterocycles. The number of nitrogens with one attached hydrogen (secondary N) is 1. The molecule has 0 saturated carbocycles. The molecule has 42 valence electrons. The van der Waals surface area contributed by atoms with Crippen molar-refractivity contribution in [1.82, 2.24) is 5.32 Å². The van der Waals surface area contributed by atoms with Crippen molar-refractivity contribution >= 4 is 0 Å². The molecule has 0 saturated heterocycles. The van der Waals surface area contributed by atoms with E-state index in [4.69, 9.17) is 5.73 Å². The molecule has 0 unspecified atom stereocenters. The first-order valence-corrected chi connectivity index (χ1v) is 2.52. The van der Waals surface area contributed by atoms with E-state index in [-0.39, 0.29) is 0 Å². The molecule has 0 aliphatic rings. The third-order valence-corrected chi connectivity index (χ3v) is 0.608. The van der Waals surface area contributed by atoms with Gasteiger partial charge in [0.1, 0.15) is 0 Å². The Labute approximate surface area is 44.4 Å². The SMILES string of the molecule is CCCNC=CN. The van der Waals surface area contributed by atoms with E-state index in [0.29, 0.717) is 0 Å². The summed E-state index contributed by atoms with van der Waals surface area (Å²) in [6.07, 6.45) is 4.38. The molecule has 2 heteroatoms. The van der Waals surface area contributed by atoms with E-state index in [1.807, 2.05) is 0 Å². The Balaban J connectivity index is 2.69. The topological polar surface area (TPSA) is 38.0 Å². The fraction of sp³-hybridized carbons (Fsp3) is 0.600. The lowest BCUT2D eigenvalue weighted by Crippen LogP contribution is -2.05. The van der Waals surface area contributed by atoms with Crippen molar-refractivity contribution < 1.29 is 0 Å². The van der Waals surface area contributed by atoms with Gasteiger partial charge in [-0.2, -0.15) is 0 Å². The third kappa shape index (κ3) is 5.34. The fourth-order valence-electron chi connectivity index (χ4n) is 0.296. The van der Waals surface area contributed by atoms with Crippen LogP contribution >= 0.6 is 0 Å². The van der Waals surface area contributed by atoms with E-state index in [9.17, 15) is 0 Å². The van der Waals surface area contributed by atoms with Crippen molar-refractivity contribution in [1.29, 1.82) is 0 Å². The molecule has 0 amide bonds. The minimum Gasteiger partial charge on any atom is -0.403 e. The van der Waals surface area contributed by atoms with Crippen molar-refractivity contribution in [2.24, 2.45) is 5.73 Å². The van der Waals surface area contributed by atoms with E-state index in [1.165, 1.54) is 6.20 Å². The van der Waals surface area contributed by atoms with Crippen molar-refractivity contribution in [3.63, 3.8) is 0 Å². The van der Waals surface area contributed by atoms with Crippen molar-refractivity contribution in [3.8, 4) is 0 Å². The summed E-state index contributed by atoms with van der Waals surface area (Å²) in [6.45, 7) is 3.12. The normalized spacial score (nSPS) is 9.86. The van der Waals surface area contributed by atoms with Gasteiger partial charge in [-0.05, 0) is 6.42 Å². The predicted molar refractivity (Wildman–Crippen MR) is 31.6 cm³/mol. The Morgan fingerprint density at radius 2 is 2.43 bits per heavy atom. The zero-order valence-electron chi connectivity index (χ0n) is 4.65. The molecule has 2 nitrogen and oxygen atoms in total. The monoisotopic (exact) mass is 100 g/mol. The zero-order chi connectivity index (χ0) is 5.54. The molecule has 0 aliphatic carbocycles. The van der Waals surface area contributed by atoms with Gasteiger partial charge in [0.2, 0.25) is 0 Å². The molecule has 0 spiro atoms. The summed E-state index contributed by atoms with van der Waals surface area (Å²) in [5.74, 6) is 0. The second-order valence-electron chi connectivity index (χ2n) is 1.31. The van der Waals surface area contributed by atoms with Gasteiger partial charge < -0.3 is 11.1 Å². The molecule has 3 N–H and O–H groups in total. The first-order chi connectivity index (χ1) is 3.41. The average molecular weight is 100 g/mol. The van der Waals surface area contributed by atoms with Gasteiger partial charge in [-0.3, -0.25) is 0 Å². The molecule has 7 heavy (non-hydrogen) atoms. The highest BCUT2D eigenvalue weighted by atomic mass is 14.8. The van der Waals surface area contributed by atoms with E-state index in [1.54, 1.807) is 6.20 Å². The molecule has 0 aromatic rings. The van der Waals surface area contributed by atoms with E-state index in [2.05, 4.69) is 12.2 Å². The van der Waals surface area contributed by atoms with E-state index < -0.39 is 0 Å². The van der Waals surface area contributed by atoms with Crippen LogP contribution in [0.15, 0.2) is 12.4 Å². The standard InChI is InChI=1S/C5H12N2/c1-2-4-7-5-3-6/h3,5,7H,2,4,6H2,1H3. The van der Waals surface area contributed by atoms with Gasteiger partial charge in [-0.15, -0.1) is 0 Å². The summed E-state index contributed by atoms with van der Waals surface area (Å²) in [4.78, 5) is 0. The maximum absolute atomic E-state index is 5.03. The van der Waals surface area contributed by atoms with Gasteiger partial charge in [-0.1, -0.05) is 6.92 Å². The molecule has 0 bridgehead atoms. The fourth-order valence-corrected chi connectivity index (χ4v) is 0.296. The number of nitrogens with two attached hydrogens (primary N) is 1. The van der Waals surface area contributed by atoms with Crippen LogP contribution in [0.2, 0.25) is 0 Å². The van der Waals surface area contributed by atoms with Crippen molar-refractivity contribution in [2.75, 3.05) is 6.54 Å². The number of hydrogen-bond acceptors (Lipinski definition) is 2. The average Bonchev–Trinajstić information content (AvgIpc) is 1.69. The van der Waals surface area contributed by atoms with Crippen LogP contribution in [0.4, 0.5) is 0 Å². The highest BCUT2D eigenvalue weighted by molar-refractivity contribution is 4.71. The molecule has 0 atom stereocenters. The lowest BCUT2D eigenvalue weighted by atomic mass is 10.5. The van der Waals surface area contributed by atoms with Crippen LogP contribution < -0.4 is 11.1 Å². The lowest BCUT2D eigenvalue weighted by molar-refractivity contribution is 0.808. The molecule has 0 aromatic heterocycles. The van der Waals surface area contributed by atoms with E-state index >= 15 is 0 Å². The van der Waals surface area contributed by atoms with Gasteiger partial charge in [0, 0.05) is 18.9 Å². The molecule has 0 fully saturated rings. The molecule has 0 radical (unpaired) electrons. The molecule has 0 aromatic carbocycles. The Morgan fingerprint density at radius 3 is 2.86 bits per heavy atom. The molecular weight excluding hydrogens is 88.1 g/mol. The van der Waals surface area contributed by atoms with Gasteiger partial charge in [0.25, 0.3) is 0 Å². The van der Waals surface area contributed by atoms with Gasteiger partial charge in [0.05, 0.1) is 0 Å². The second kappa shape index (κ2) is 5.34. The first kappa shape index (κ1) is 6.34. The Kier molecular flexibility index (Phi) is 4.84. The summed E-state index contributed by atoms with van der Waals surface area (Å²) >= 11 is 0. The Bertz CT molecular complexity index is 50.0. The Morgan fingerprint density at radius 1 is 1.71 bits per heavy atom. The van der Waals surface area contributed by atoms with Crippen LogP contribution in [0.5, 0.6) is 0 Å². The van der Waals surface area contributed by atoms with Crippen LogP contribution in [0.1, 0.15) is 13.3 Å². The zero-order valence-corrected chi connectivity index (χ0v) is 4.65. The maximum atomic E-state index is 5.03. The van der Waals surface area contributed by atoms with Crippen molar-refractivity contribution in [2.45, 2.75) is 13.3 Å². The van der Waals surface area contributed by atoms with Gasteiger partial charge >= 0.3 is 0 Å². The third-order valence-electron chi connectivity index (χ3n) is 0.608. The summed E-state index contributed by atoms with van der Waals surface area (Å²) < 4.78 is 0. The predicted octanol–water partition coefficient (Wildman–Crippen LogP) is 0.416. The van der Waals surface area contributed by atoms with Crippen LogP contribution in [0, 0.1) is 0 Å². The second-order valence-corrected chi connectivity index (χ2v) is 1.31. The summed E-state index contributed by atoms with van der Waals surface area (Å²) in [6, 6.07) is 0. The van der Waals surface area contributed by atoms with Crippen LogP contribution in [0.3, 0.4) is 0 Å². The number of hydrogen-bond donors (Lipinski definition) is 2. The van der Waals surface area contributed by atoms with Gasteiger partial charge in [0.15, 0.2) is 0 Å². The summed E-state index contributed by atoms with van der Waals surface area (Å²) in [7, 11) is 0. The van der Waals surface area contributed by atoms with Gasteiger partial charge in [-0.25, -0.2) is 0 Å². The van der Waals surface area contributed by atoms with Crippen LogP contribution in [-0.4, -0.2) is 6.54 Å². The van der Waals surface area contributed by atoms with Crippen molar-refractivity contribution in [3.05, 3.63) is 12.4 Å². The highest BCUT2D eigenvalue weighted by Crippen LogP contribution is 1.66. The first-order valence-electron chi connectivity index (χ1n) is 2.52. The lowest BCUT2D eigenvalue weighted by Gasteiger charge is -1.91. The van der Waals surface area contributed by atoms with E-state index in [0.717, 1.165) is 13.0 Å². The summed E-state index contributed by atoms with van der Waals surface area (Å²) in [5.41, 5.74) is 5.03. The quantitative estimate of drug-likeness (QED) is 0.504. The van der Waals surface area contributed by atoms with Crippen LogP contribution in [0.25, 0.3) is 0 Å². The highest BCUT2D eigenvalue weighted by Gasteiger charge is 1.68. The molecular formula is C5H12N2. The maximum Gasteiger partial charge on any atom is 0.0139 e. The Hall–Kier alpha value is -0.660. The number of rotatable bonds is 3. The molecule has 0 rings (SSSR count).